The van der Waals surface area contributed by atoms with E-state index in [1.807, 2.05) is 0 Å². The van der Waals surface area contributed by atoms with Gasteiger partial charge in [0.25, 0.3) is 5.69 Å². The van der Waals surface area contributed by atoms with Gasteiger partial charge in [-0.25, -0.2) is 9.18 Å². The van der Waals surface area contributed by atoms with E-state index in [-0.39, 0.29) is 5.69 Å². The van der Waals surface area contributed by atoms with E-state index in [9.17, 15) is 19.3 Å². The van der Waals surface area contributed by atoms with Crippen molar-refractivity contribution in [3.8, 4) is 0 Å². The minimum absolute atomic E-state index is 0.387. The molecular formula is C7H5FN2O4. The molecule has 1 rings (SSSR count). The molecule has 0 saturated heterocycles. The quantitative estimate of drug-likeness (QED) is 0.562. The number of halogens is 1. The average Bonchev–Trinajstić information content (AvgIpc) is 2.01. The van der Waals surface area contributed by atoms with Crippen molar-refractivity contribution in [1.29, 1.82) is 0 Å². The number of nitrogens with one attached hydrogen (secondary N) is 1. The molecule has 7 heteroatoms. The van der Waals surface area contributed by atoms with Crippen LogP contribution in [0.1, 0.15) is 0 Å². The first-order chi connectivity index (χ1) is 6.50. The summed E-state index contributed by atoms with van der Waals surface area (Å²) >= 11 is 0. The van der Waals surface area contributed by atoms with Crippen LogP contribution in [0.5, 0.6) is 0 Å². The SMILES string of the molecule is O=C(O)Nc1cc(F)ccc1[N+](=O)[O-]. The van der Waals surface area contributed by atoms with Gasteiger partial charge in [0.05, 0.1) is 4.92 Å². The summed E-state index contributed by atoms with van der Waals surface area (Å²) in [6, 6.07) is 2.51. The minimum atomic E-state index is -1.49. The van der Waals surface area contributed by atoms with Crippen LogP contribution in [0.25, 0.3) is 0 Å². The van der Waals surface area contributed by atoms with E-state index in [2.05, 4.69) is 0 Å². The van der Waals surface area contributed by atoms with Crippen molar-refractivity contribution >= 4 is 17.5 Å². The summed E-state index contributed by atoms with van der Waals surface area (Å²) < 4.78 is 12.6. The number of nitro groups is 1. The van der Waals surface area contributed by atoms with Gasteiger partial charge in [0.15, 0.2) is 0 Å². The molecule has 0 bridgehead atoms. The first-order valence-electron chi connectivity index (χ1n) is 3.44. The zero-order valence-electron chi connectivity index (χ0n) is 6.73. The van der Waals surface area contributed by atoms with Crippen LogP contribution in [0.15, 0.2) is 18.2 Å². The van der Waals surface area contributed by atoms with E-state index >= 15 is 0 Å². The maximum Gasteiger partial charge on any atom is 0.409 e. The molecule has 1 aromatic rings. The molecule has 0 fully saturated rings. The molecule has 0 aliphatic rings. The molecule has 74 valence electrons. The first-order valence-corrected chi connectivity index (χ1v) is 3.44. The van der Waals surface area contributed by atoms with E-state index in [1.54, 1.807) is 5.32 Å². The number of carbonyl (C=O) groups is 1. The lowest BCUT2D eigenvalue weighted by Crippen LogP contribution is -2.09. The zero-order valence-corrected chi connectivity index (χ0v) is 6.73. The smallest absolute Gasteiger partial charge is 0.409 e. The molecule has 0 unspecified atom stereocenters. The van der Waals surface area contributed by atoms with Gasteiger partial charge in [0, 0.05) is 12.1 Å². The second-order valence-electron chi connectivity index (χ2n) is 2.35. The van der Waals surface area contributed by atoms with Gasteiger partial charge in [-0.2, -0.15) is 0 Å². The lowest BCUT2D eigenvalue weighted by Gasteiger charge is -2.01. The van der Waals surface area contributed by atoms with Crippen molar-refractivity contribution in [3.63, 3.8) is 0 Å². The highest BCUT2D eigenvalue weighted by Gasteiger charge is 2.15. The monoisotopic (exact) mass is 200 g/mol. The number of amides is 1. The van der Waals surface area contributed by atoms with Crippen LogP contribution in [0.3, 0.4) is 0 Å². The molecule has 0 atom stereocenters. The molecule has 0 radical (unpaired) electrons. The van der Waals surface area contributed by atoms with Gasteiger partial charge in [-0.05, 0) is 6.07 Å². The van der Waals surface area contributed by atoms with Crippen LogP contribution in [-0.2, 0) is 0 Å². The standard InChI is InChI=1S/C7H5FN2O4/c8-4-1-2-6(10(13)14)5(3-4)9-7(11)12/h1-3,9H,(H,11,12). The van der Waals surface area contributed by atoms with E-state index < -0.39 is 22.5 Å². The van der Waals surface area contributed by atoms with E-state index in [1.165, 1.54) is 0 Å². The van der Waals surface area contributed by atoms with Gasteiger partial charge in [-0.3, -0.25) is 15.4 Å². The number of hydrogen-bond donors (Lipinski definition) is 2. The molecular weight excluding hydrogens is 195 g/mol. The molecule has 14 heavy (non-hydrogen) atoms. The zero-order chi connectivity index (χ0) is 10.7. The van der Waals surface area contributed by atoms with E-state index in [4.69, 9.17) is 5.11 Å². The molecule has 2 N–H and O–H groups in total. The van der Waals surface area contributed by atoms with Crippen LogP contribution < -0.4 is 5.32 Å². The second-order valence-corrected chi connectivity index (χ2v) is 2.35. The number of benzene rings is 1. The fourth-order valence-corrected chi connectivity index (χ4v) is 0.883. The topological polar surface area (TPSA) is 92.5 Å². The van der Waals surface area contributed by atoms with Crippen molar-refractivity contribution in [1.82, 2.24) is 0 Å². The Bertz CT molecular complexity index is 393. The maximum atomic E-state index is 12.6. The Morgan fingerprint density at radius 2 is 2.21 bits per heavy atom. The van der Waals surface area contributed by atoms with Crippen LogP contribution in [-0.4, -0.2) is 16.1 Å². The largest absolute Gasteiger partial charge is 0.465 e. The Balaban J connectivity index is 3.15. The Morgan fingerprint density at radius 3 is 2.71 bits per heavy atom. The summed E-state index contributed by atoms with van der Waals surface area (Å²) in [4.78, 5) is 19.8. The molecule has 1 amide bonds. The number of carboxylic acid groups (broad SMARTS) is 1. The van der Waals surface area contributed by atoms with Crippen molar-refractivity contribution in [2.75, 3.05) is 5.32 Å². The third-order valence-electron chi connectivity index (χ3n) is 1.40. The fourth-order valence-electron chi connectivity index (χ4n) is 0.883. The molecule has 0 aliphatic heterocycles. The lowest BCUT2D eigenvalue weighted by atomic mass is 10.2. The van der Waals surface area contributed by atoms with E-state index in [0.29, 0.717) is 0 Å². The summed E-state index contributed by atoms with van der Waals surface area (Å²) in [5, 5.41) is 20.4. The summed E-state index contributed by atoms with van der Waals surface area (Å²) in [5.74, 6) is -0.751. The van der Waals surface area contributed by atoms with Crippen LogP contribution >= 0.6 is 0 Å². The predicted octanol–water partition coefficient (Wildman–Crippen LogP) is 1.82. The third kappa shape index (κ3) is 2.16. The van der Waals surface area contributed by atoms with Crippen LogP contribution in [0.2, 0.25) is 0 Å². The van der Waals surface area contributed by atoms with Gasteiger partial charge in [-0.1, -0.05) is 0 Å². The van der Waals surface area contributed by atoms with Gasteiger partial charge in [0.2, 0.25) is 0 Å². The maximum absolute atomic E-state index is 12.6. The second kappa shape index (κ2) is 3.69. The summed E-state index contributed by atoms with van der Waals surface area (Å²) in [6.45, 7) is 0. The molecule has 0 aromatic heterocycles. The predicted molar refractivity (Wildman–Crippen MR) is 44.7 cm³/mol. The Hall–Kier alpha value is -2.18. The van der Waals surface area contributed by atoms with Crippen molar-refractivity contribution in [2.45, 2.75) is 0 Å². The van der Waals surface area contributed by atoms with Crippen LogP contribution in [0.4, 0.5) is 20.6 Å². The van der Waals surface area contributed by atoms with Gasteiger partial charge in [-0.15, -0.1) is 0 Å². The normalized spacial score (nSPS) is 9.50. The molecule has 6 nitrogen and oxygen atoms in total. The molecule has 1 aromatic carbocycles. The molecule has 0 spiro atoms. The number of hydrogen-bond acceptors (Lipinski definition) is 3. The van der Waals surface area contributed by atoms with Crippen LogP contribution in [0, 0.1) is 15.9 Å². The fraction of sp³-hybridized carbons (Fsp3) is 0. The number of rotatable bonds is 2. The highest BCUT2D eigenvalue weighted by atomic mass is 19.1. The summed E-state index contributed by atoms with van der Waals surface area (Å²) in [7, 11) is 0. The number of nitro benzene ring substituents is 1. The van der Waals surface area contributed by atoms with Crippen molar-refractivity contribution < 1.29 is 19.2 Å². The summed E-state index contributed by atoms with van der Waals surface area (Å²) in [6.07, 6.45) is -1.49. The molecule has 0 saturated carbocycles. The number of nitrogens with zero attached hydrogens (tertiary/aromatic N) is 1. The van der Waals surface area contributed by atoms with Gasteiger partial charge >= 0.3 is 6.09 Å². The van der Waals surface area contributed by atoms with Crippen molar-refractivity contribution in [2.24, 2.45) is 0 Å². The average molecular weight is 200 g/mol. The minimum Gasteiger partial charge on any atom is -0.465 e. The van der Waals surface area contributed by atoms with Gasteiger partial charge < -0.3 is 5.11 Å². The Labute approximate surface area is 77.1 Å². The Kier molecular flexibility index (Phi) is 2.61. The third-order valence-corrected chi connectivity index (χ3v) is 1.40. The highest BCUT2D eigenvalue weighted by molar-refractivity contribution is 5.86. The van der Waals surface area contributed by atoms with E-state index in [0.717, 1.165) is 18.2 Å². The van der Waals surface area contributed by atoms with Gasteiger partial charge in [0.1, 0.15) is 11.5 Å². The highest BCUT2D eigenvalue weighted by Crippen LogP contribution is 2.24. The summed E-state index contributed by atoms with van der Waals surface area (Å²) in [5.41, 5.74) is -0.878. The Morgan fingerprint density at radius 1 is 1.57 bits per heavy atom. The first kappa shape index (κ1) is 9.90. The molecule has 0 heterocycles. The molecule has 0 aliphatic carbocycles. The lowest BCUT2D eigenvalue weighted by molar-refractivity contribution is -0.384. The number of anilines is 1. The van der Waals surface area contributed by atoms with Crippen molar-refractivity contribution in [3.05, 3.63) is 34.1 Å².